The summed E-state index contributed by atoms with van der Waals surface area (Å²) in [6, 6.07) is 6.16. The summed E-state index contributed by atoms with van der Waals surface area (Å²) < 4.78 is 41.1. The Morgan fingerprint density at radius 1 is 1.26 bits per heavy atom. The van der Waals surface area contributed by atoms with Gasteiger partial charge in [0.15, 0.2) is 0 Å². The van der Waals surface area contributed by atoms with Gasteiger partial charge in [0, 0.05) is 0 Å². The summed E-state index contributed by atoms with van der Waals surface area (Å²) >= 11 is 1.75. The molecule has 0 spiro atoms. The third kappa shape index (κ3) is 8.04. The smallest absolute Gasteiger partial charge is 0.192 e. The first-order chi connectivity index (χ1) is 8.97. The number of alkyl halides is 3. The van der Waals surface area contributed by atoms with Crippen molar-refractivity contribution in [2.75, 3.05) is 6.61 Å². The van der Waals surface area contributed by atoms with Gasteiger partial charge in [-0.15, -0.1) is 0 Å². The molecule has 0 N–H and O–H groups in total. The van der Waals surface area contributed by atoms with Crippen molar-refractivity contribution in [2.45, 2.75) is 32.4 Å². The van der Waals surface area contributed by atoms with Gasteiger partial charge in [-0.3, -0.25) is 0 Å². The van der Waals surface area contributed by atoms with E-state index < -0.39 is 11.7 Å². The third-order valence-electron chi connectivity index (χ3n) is 2.20. The molecule has 0 aliphatic rings. The second kappa shape index (κ2) is 10.0. The van der Waals surface area contributed by atoms with Gasteiger partial charge in [0.1, 0.15) is 0 Å². The molecule has 6 heteroatoms. The summed E-state index contributed by atoms with van der Waals surface area (Å²) in [5.74, 6) is 0. The first-order valence-corrected chi connectivity index (χ1v) is 6.46. The number of benzene rings is 1. The van der Waals surface area contributed by atoms with Crippen molar-refractivity contribution in [1.82, 2.24) is 0 Å². The van der Waals surface area contributed by atoms with Crippen LogP contribution in [0.5, 0.6) is 0 Å². The normalized spacial score (nSPS) is 10.2. The quantitative estimate of drug-likeness (QED) is 0.616. The Labute approximate surface area is 123 Å². The number of rotatable bonds is 4. The zero-order chi connectivity index (χ0) is 14.7. The van der Waals surface area contributed by atoms with Gasteiger partial charge in [-0.1, -0.05) is 12.1 Å². The van der Waals surface area contributed by atoms with E-state index >= 15 is 0 Å². The molecular formula is C13H15F3NOTi. The molecule has 19 heavy (non-hydrogen) atoms. The van der Waals surface area contributed by atoms with Crippen molar-refractivity contribution in [3.8, 4) is 6.07 Å². The van der Waals surface area contributed by atoms with Crippen molar-refractivity contribution in [2.24, 2.45) is 0 Å². The second-order valence-corrected chi connectivity index (χ2v) is 4.16. The van der Waals surface area contributed by atoms with E-state index in [1.807, 2.05) is 0 Å². The Hall–Kier alpha value is -0.826. The SMILES string of the molecule is CCCCC[O][Ti].N#Cc1ccccc1C(F)(F)F. The zero-order valence-electron chi connectivity index (χ0n) is 10.6. The molecule has 0 bridgehead atoms. The van der Waals surface area contributed by atoms with Gasteiger partial charge < -0.3 is 0 Å². The molecule has 1 aromatic rings. The van der Waals surface area contributed by atoms with Crippen LogP contribution in [0.15, 0.2) is 24.3 Å². The standard InChI is InChI=1S/C8H4F3N.C5H11O.Ti/c9-8(10,11)7-4-2-1-3-6(7)5-12;1-2-3-4-5-6;/h1-4H;2-5H2,1H3;/q;-1;+1. The topological polar surface area (TPSA) is 33.0 Å². The fourth-order valence-electron chi connectivity index (χ4n) is 1.25. The minimum atomic E-state index is -4.44. The van der Waals surface area contributed by atoms with Crippen molar-refractivity contribution in [3.05, 3.63) is 35.4 Å². The van der Waals surface area contributed by atoms with Crippen LogP contribution in [-0.2, 0) is 30.3 Å². The molecule has 0 radical (unpaired) electrons. The molecule has 2 nitrogen and oxygen atoms in total. The first-order valence-electron chi connectivity index (χ1n) is 5.82. The number of nitrogens with zero attached hydrogens (tertiary/aromatic N) is 1. The maximum Gasteiger partial charge on any atom is 0.417 e. The summed E-state index contributed by atoms with van der Waals surface area (Å²) in [7, 11) is 0. The van der Waals surface area contributed by atoms with E-state index in [4.69, 9.17) is 8.58 Å². The summed E-state index contributed by atoms with van der Waals surface area (Å²) in [6.45, 7) is 3.11. The van der Waals surface area contributed by atoms with Crippen LogP contribution in [0.2, 0.25) is 0 Å². The monoisotopic (exact) mass is 306 g/mol. The van der Waals surface area contributed by atoms with Crippen molar-refractivity contribution >= 4 is 0 Å². The third-order valence-corrected chi connectivity index (χ3v) is 2.52. The van der Waals surface area contributed by atoms with Crippen LogP contribution in [0.1, 0.15) is 37.3 Å². The molecule has 1 aromatic carbocycles. The first kappa shape index (κ1) is 18.2. The van der Waals surface area contributed by atoms with Crippen LogP contribution in [0.25, 0.3) is 0 Å². The Morgan fingerprint density at radius 3 is 2.32 bits per heavy atom. The summed E-state index contributed by atoms with van der Waals surface area (Å²) in [6.07, 6.45) is -0.642. The molecule has 103 valence electrons. The summed E-state index contributed by atoms with van der Waals surface area (Å²) in [5, 5.41) is 8.33. The minimum Gasteiger partial charge on any atom is -0.192 e. The number of hydrogen-bond donors (Lipinski definition) is 0. The van der Waals surface area contributed by atoms with Crippen LogP contribution >= 0.6 is 0 Å². The van der Waals surface area contributed by atoms with Gasteiger partial charge in [0.25, 0.3) is 0 Å². The van der Waals surface area contributed by atoms with Crippen molar-refractivity contribution in [3.63, 3.8) is 0 Å². The van der Waals surface area contributed by atoms with Crippen LogP contribution in [0, 0.1) is 11.3 Å². The van der Waals surface area contributed by atoms with Gasteiger partial charge in [-0.2, -0.15) is 18.4 Å². The maximum absolute atomic E-state index is 12.1. The Kier molecular flexibility index (Phi) is 9.59. The van der Waals surface area contributed by atoms with Crippen molar-refractivity contribution < 1.29 is 37.3 Å². The largest absolute Gasteiger partial charge is 0.417 e. The molecule has 0 unspecified atom stereocenters. The Morgan fingerprint density at radius 2 is 1.89 bits per heavy atom. The average Bonchev–Trinajstić information content (AvgIpc) is 2.39. The molecule has 0 saturated heterocycles. The molecule has 0 heterocycles. The van der Waals surface area contributed by atoms with Gasteiger partial charge in [0.05, 0.1) is 17.2 Å². The molecule has 0 amide bonds. The van der Waals surface area contributed by atoms with E-state index in [1.54, 1.807) is 20.8 Å². The molecule has 1 rings (SSSR count). The molecule has 0 aliphatic heterocycles. The second-order valence-electron chi connectivity index (χ2n) is 3.71. The van der Waals surface area contributed by atoms with Crippen LogP contribution < -0.4 is 0 Å². The number of hydrogen-bond acceptors (Lipinski definition) is 2. The average molecular weight is 306 g/mol. The van der Waals surface area contributed by atoms with Gasteiger partial charge in [0.2, 0.25) is 0 Å². The Balaban J connectivity index is 0.000000399. The van der Waals surface area contributed by atoms with Crippen LogP contribution in [0.4, 0.5) is 13.2 Å². The minimum absolute atomic E-state index is 0.343. The Bertz CT molecular complexity index is 398. The fourth-order valence-corrected chi connectivity index (χ4v) is 1.48. The van der Waals surface area contributed by atoms with Gasteiger partial charge in [-0.05, 0) is 12.1 Å². The van der Waals surface area contributed by atoms with E-state index in [2.05, 4.69) is 6.92 Å². The van der Waals surface area contributed by atoms with Crippen molar-refractivity contribution in [1.29, 1.82) is 5.26 Å². The fraction of sp³-hybridized carbons (Fsp3) is 0.462. The van der Waals surface area contributed by atoms with E-state index in [1.165, 1.54) is 37.5 Å². The molecule has 0 fully saturated rings. The molecule has 0 atom stereocenters. The van der Waals surface area contributed by atoms with E-state index in [9.17, 15) is 13.2 Å². The number of nitriles is 1. The summed E-state index contributed by atoms with van der Waals surface area (Å²) in [4.78, 5) is 0. The van der Waals surface area contributed by atoms with Crippen LogP contribution in [0.3, 0.4) is 0 Å². The van der Waals surface area contributed by atoms with E-state index in [-0.39, 0.29) is 5.56 Å². The maximum atomic E-state index is 12.1. The molecule has 0 saturated carbocycles. The zero-order valence-corrected chi connectivity index (χ0v) is 12.2. The number of halogens is 3. The van der Waals surface area contributed by atoms with Gasteiger partial charge in [-0.25, -0.2) is 0 Å². The molecule has 0 aliphatic carbocycles. The predicted molar refractivity (Wildman–Crippen MR) is 61.6 cm³/mol. The molecular weight excluding hydrogens is 291 g/mol. The molecule has 0 aromatic heterocycles. The van der Waals surface area contributed by atoms with E-state index in [0.29, 0.717) is 0 Å². The predicted octanol–water partition coefficient (Wildman–Crippen LogP) is 4.23. The van der Waals surface area contributed by atoms with Crippen LogP contribution in [-0.4, -0.2) is 6.61 Å². The number of unbranched alkanes of at least 4 members (excludes halogenated alkanes) is 2. The van der Waals surface area contributed by atoms with E-state index in [0.717, 1.165) is 18.7 Å². The summed E-state index contributed by atoms with van der Waals surface area (Å²) in [5.41, 5.74) is -1.22. The van der Waals surface area contributed by atoms with Gasteiger partial charge >= 0.3 is 63.1 Å².